The Balaban J connectivity index is 1.89. The Labute approximate surface area is 125 Å². The van der Waals surface area contributed by atoms with Crippen LogP contribution >= 0.6 is 22.7 Å². The van der Waals surface area contributed by atoms with Gasteiger partial charge in [-0.2, -0.15) is 11.3 Å². The van der Waals surface area contributed by atoms with Gasteiger partial charge in [-0.3, -0.25) is 9.59 Å². The fraction of sp³-hybridized carbons (Fsp3) is 0.231. The highest BCUT2D eigenvalue weighted by atomic mass is 32.1. The minimum absolute atomic E-state index is 0.123. The lowest BCUT2D eigenvalue weighted by Crippen LogP contribution is -3.08. The minimum atomic E-state index is -0.527. The Hall–Kier alpha value is -1.70. The van der Waals surface area contributed by atoms with Gasteiger partial charge in [-0.25, -0.2) is 0 Å². The summed E-state index contributed by atoms with van der Waals surface area (Å²) in [7, 11) is 1.96. The molecular weight excluding hydrogens is 294 g/mol. The van der Waals surface area contributed by atoms with Crippen molar-refractivity contribution < 1.29 is 14.5 Å². The molecule has 0 radical (unpaired) electrons. The molecule has 2 aromatic rings. The Morgan fingerprint density at radius 3 is 2.80 bits per heavy atom. The molecule has 1 atom stereocenters. The molecule has 2 amide bonds. The van der Waals surface area contributed by atoms with E-state index in [0.29, 0.717) is 17.1 Å². The predicted octanol–water partition coefficient (Wildman–Crippen LogP) is 0.562. The van der Waals surface area contributed by atoms with E-state index in [2.05, 4.69) is 16.8 Å². The van der Waals surface area contributed by atoms with Crippen LogP contribution in [0.5, 0.6) is 0 Å². The van der Waals surface area contributed by atoms with Crippen molar-refractivity contribution in [1.82, 2.24) is 0 Å². The van der Waals surface area contributed by atoms with Crippen LogP contribution in [-0.2, 0) is 11.3 Å². The van der Waals surface area contributed by atoms with Gasteiger partial charge in [0.1, 0.15) is 11.5 Å². The summed E-state index contributed by atoms with van der Waals surface area (Å²) in [4.78, 5) is 24.2. The van der Waals surface area contributed by atoms with Crippen molar-refractivity contribution in [2.45, 2.75) is 6.54 Å². The highest BCUT2D eigenvalue weighted by Crippen LogP contribution is 2.22. The molecule has 20 heavy (non-hydrogen) atoms. The summed E-state index contributed by atoms with van der Waals surface area (Å²) < 4.78 is 0. The molecule has 2 aromatic heterocycles. The fourth-order valence-corrected chi connectivity index (χ4v) is 3.33. The molecule has 0 spiro atoms. The molecule has 0 saturated carbocycles. The zero-order chi connectivity index (χ0) is 14.5. The summed E-state index contributed by atoms with van der Waals surface area (Å²) in [6.45, 7) is 1.13. The van der Waals surface area contributed by atoms with Gasteiger partial charge in [0.05, 0.1) is 12.6 Å². The molecule has 2 rings (SSSR count). The Morgan fingerprint density at radius 1 is 1.35 bits per heavy atom. The van der Waals surface area contributed by atoms with Gasteiger partial charge in [0.25, 0.3) is 11.8 Å². The van der Waals surface area contributed by atoms with Crippen molar-refractivity contribution in [3.8, 4) is 0 Å². The van der Waals surface area contributed by atoms with E-state index >= 15 is 0 Å². The molecular formula is C13H16N3O2S2+. The number of hydrogen-bond acceptors (Lipinski definition) is 4. The third kappa shape index (κ3) is 3.89. The van der Waals surface area contributed by atoms with Crippen LogP contribution in [0.25, 0.3) is 0 Å². The number of primary amides is 1. The molecule has 7 heteroatoms. The van der Waals surface area contributed by atoms with E-state index in [1.807, 2.05) is 12.4 Å². The molecule has 0 fully saturated rings. The minimum Gasteiger partial charge on any atom is -0.366 e. The SMILES string of the molecule is C[NH+](CC(=O)Nc1sccc1C(N)=O)Cc1ccsc1. The quantitative estimate of drug-likeness (QED) is 0.729. The number of thiophene rings is 2. The number of likely N-dealkylation sites (N-methyl/N-ethyl adjacent to an activating group) is 1. The first-order valence-corrected chi connectivity index (χ1v) is 7.88. The maximum atomic E-state index is 11.9. The number of nitrogens with one attached hydrogen (secondary N) is 2. The number of carbonyl (C=O) groups is 2. The zero-order valence-corrected chi connectivity index (χ0v) is 12.6. The molecule has 0 saturated heterocycles. The largest absolute Gasteiger partial charge is 0.366 e. The van der Waals surface area contributed by atoms with Gasteiger partial charge in [-0.15, -0.1) is 11.3 Å². The molecule has 2 heterocycles. The number of carbonyl (C=O) groups excluding carboxylic acids is 2. The third-order valence-corrected chi connectivity index (χ3v) is 4.29. The molecule has 106 valence electrons. The van der Waals surface area contributed by atoms with Crippen LogP contribution in [0.4, 0.5) is 5.00 Å². The van der Waals surface area contributed by atoms with Crippen LogP contribution in [-0.4, -0.2) is 25.4 Å². The van der Waals surface area contributed by atoms with Gasteiger partial charge in [0.15, 0.2) is 6.54 Å². The van der Waals surface area contributed by atoms with E-state index in [0.717, 1.165) is 11.4 Å². The highest BCUT2D eigenvalue weighted by Gasteiger charge is 2.15. The van der Waals surface area contributed by atoms with Crippen LogP contribution in [0.3, 0.4) is 0 Å². The van der Waals surface area contributed by atoms with Crippen LogP contribution in [0.2, 0.25) is 0 Å². The molecule has 0 aliphatic heterocycles. The van der Waals surface area contributed by atoms with E-state index < -0.39 is 5.91 Å². The molecule has 0 aliphatic rings. The zero-order valence-electron chi connectivity index (χ0n) is 11.0. The van der Waals surface area contributed by atoms with Gasteiger partial charge in [-0.1, -0.05) is 0 Å². The summed E-state index contributed by atoms with van der Waals surface area (Å²) in [6.07, 6.45) is 0. The number of quaternary nitrogens is 1. The van der Waals surface area contributed by atoms with Crippen molar-refractivity contribution >= 4 is 39.5 Å². The molecule has 4 N–H and O–H groups in total. The topological polar surface area (TPSA) is 76.6 Å². The van der Waals surface area contributed by atoms with Crippen molar-refractivity contribution in [3.05, 3.63) is 39.4 Å². The van der Waals surface area contributed by atoms with Gasteiger partial charge >= 0.3 is 0 Å². The summed E-state index contributed by atoms with van der Waals surface area (Å²) in [6, 6.07) is 3.67. The summed E-state index contributed by atoms with van der Waals surface area (Å²) in [5.74, 6) is -0.650. The lowest BCUT2D eigenvalue weighted by molar-refractivity contribution is -0.885. The maximum Gasteiger partial charge on any atom is 0.280 e. The van der Waals surface area contributed by atoms with E-state index in [1.165, 1.54) is 16.9 Å². The first kappa shape index (κ1) is 14.7. The predicted molar refractivity (Wildman–Crippen MR) is 81.2 cm³/mol. The average molecular weight is 310 g/mol. The first-order chi connectivity index (χ1) is 9.56. The molecule has 5 nitrogen and oxygen atoms in total. The lowest BCUT2D eigenvalue weighted by Gasteiger charge is -2.12. The number of anilines is 1. The van der Waals surface area contributed by atoms with Crippen molar-refractivity contribution in [2.75, 3.05) is 18.9 Å². The smallest absolute Gasteiger partial charge is 0.280 e. The average Bonchev–Trinajstić information content (AvgIpc) is 2.99. The van der Waals surface area contributed by atoms with E-state index in [-0.39, 0.29) is 5.91 Å². The van der Waals surface area contributed by atoms with Gasteiger partial charge < -0.3 is 16.0 Å². The van der Waals surface area contributed by atoms with E-state index in [4.69, 9.17) is 5.73 Å². The van der Waals surface area contributed by atoms with E-state index in [9.17, 15) is 9.59 Å². The normalized spacial score (nSPS) is 12.1. The highest BCUT2D eigenvalue weighted by molar-refractivity contribution is 7.14. The van der Waals surface area contributed by atoms with Crippen LogP contribution in [0.1, 0.15) is 15.9 Å². The van der Waals surface area contributed by atoms with Crippen molar-refractivity contribution in [2.24, 2.45) is 5.73 Å². The standard InChI is InChI=1S/C13H15N3O2S2/c1-16(6-9-2-4-19-8-9)7-11(17)15-13-10(12(14)18)3-5-20-13/h2-5,8H,6-7H2,1H3,(H2,14,18)(H,15,17)/p+1. The third-order valence-electron chi connectivity index (χ3n) is 2.73. The monoisotopic (exact) mass is 310 g/mol. The number of hydrogen-bond donors (Lipinski definition) is 3. The molecule has 0 aromatic carbocycles. The first-order valence-electron chi connectivity index (χ1n) is 6.06. The summed E-state index contributed by atoms with van der Waals surface area (Å²) in [5, 5.41) is 9.09. The van der Waals surface area contributed by atoms with Gasteiger partial charge in [-0.05, 0) is 28.3 Å². The second kappa shape index (κ2) is 6.65. The van der Waals surface area contributed by atoms with Crippen LogP contribution in [0.15, 0.2) is 28.3 Å². The Kier molecular flexibility index (Phi) is 4.89. The molecule has 0 aliphatic carbocycles. The second-order valence-corrected chi connectivity index (χ2v) is 6.21. The van der Waals surface area contributed by atoms with Crippen LogP contribution < -0.4 is 16.0 Å². The lowest BCUT2D eigenvalue weighted by atomic mass is 10.3. The molecule has 0 bridgehead atoms. The number of nitrogens with two attached hydrogens (primary N) is 1. The van der Waals surface area contributed by atoms with E-state index in [1.54, 1.807) is 22.8 Å². The summed E-state index contributed by atoms with van der Waals surface area (Å²) >= 11 is 2.94. The fourth-order valence-electron chi connectivity index (χ4n) is 1.85. The van der Waals surface area contributed by atoms with Crippen molar-refractivity contribution in [3.63, 3.8) is 0 Å². The van der Waals surface area contributed by atoms with Crippen molar-refractivity contribution in [1.29, 1.82) is 0 Å². The molecule has 1 unspecified atom stereocenters. The Morgan fingerprint density at radius 2 is 2.15 bits per heavy atom. The second-order valence-electron chi connectivity index (χ2n) is 4.52. The van der Waals surface area contributed by atoms with Gasteiger partial charge in [0, 0.05) is 5.56 Å². The number of rotatable bonds is 6. The Bertz CT molecular complexity index is 593. The maximum absolute atomic E-state index is 11.9. The van der Waals surface area contributed by atoms with Gasteiger partial charge in [0.2, 0.25) is 0 Å². The number of amides is 2. The van der Waals surface area contributed by atoms with Crippen LogP contribution in [0, 0.1) is 0 Å². The summed E-state index contributed by atoms with van der Waals surface area (Å²) in [5.41, 5.74) is 6.82.